The van der Waals surface area contributed by atoms with Gasteiger partial charge in [0.2, 0.25) is 0 Å². The minimum atomic E-state index is -0.332. The number of ether oxygens (including phenoxy) is 2. The van der Waals surface area contributed by atoms with Crippen molar-refractivity contribution in [2.75, 3.05) is 24.9 Å². The molecule has 0 atom stereocenters. The molecule has 2 aromatic carbocycles. The topological polar surface area (TPSA) is 85.4 Å². The first-order chi connectivity index (χ1) is 14.1. The van der Waals surface area contributed by atoms with E-state index in [1.54, 1.807) is 31.7 Å². The Balaban J connectivity index is 1.48. The first-order valence-corrected chi connectivity index (χ1v) is 10.4. The van der Waals surface area contributed by atoms with Crippen LogP contribution in [-0.4, -0.2) is 30.1 Å². The first-order valence-electron chi connectivity index (χ1n) is 8.38. The van der Waals surface area contributed by atoms with Crippen LogP contribution in [0.5, 0.6) is 11.5 Å². The fourth-order valence-electron chi connectivity index (χ4n) is 2.57. The summed E-state index contributed by atoms with van der Waals surface area (Å²) in [5.41, 5.74) is 1.79. The lowest BCUT2D eigenvalue weighted by Gasteiger charge is -2.10. The Morgan fingerprint density at radius 3 is 2.72 bits per heavy atom. The van der Waals surface area contributed by atoms with Gasteiger partial charge in [-0.25, -0.2) is 9.97 Å². The highest BCUT2D eigenvalue weighted by Gasteiger charge is 2.15. The third-order valence-corrected chi connectivity index (χ3v) is 5.88. The Kier molecular flexibility index (Phi) is 5.52. The first kappa shape index (κ1) is 19.4. The molecule has 2 aromatic heterocycles. The number of carbonyl (C=O) groups excluding carboxylic acids is 1. The van der Waals surface area contributed by atoms with Crippen LogP contribution >= 0.6 is 34.3 Å². The number of benzene rings is 2. The smallest absolute Gasteiger partial charge is 0.276 e. The molecule has 7 nitrogen and oxygen atoms in total. The Hall–Kier alpha value is -2.88. The summed E-state index contributed by atoms with van der Waals surface area (Å²) in [5.74, 6) is 0.962. The van der Waals surface area contributed by atoms with Gasteiger partial charge in [-0.3, -0.25) is 10.1 Å². The van der Waals surface area contributed by atoms with Crippen molar-refractivity contribution in [3.8, 4) is 11.5 Å². The van der Waals surface area contributed by atoms with Gasteiger partial charge in [-0.05, 0) is 30.3 Å². The van der Waals surface area contributed by atoms with Crippen LogP contribution in [0.25, 0.3) is 10.2 Å². The van der Waals surface area contributed by atoms with Gasteiger partial charge in [0.05, 0.1) is 30.1 Å². The zero-order valence-corrected chi connectivity index (χ0v) is 17.7. The van der Waals surface area contributed by atoms with E-state index in [0.29, 0.717) is 32.5 Å². The lowest BCUT2D eigenvalue weighted by Crippen LogP contribution is -2.12. The van der Waals surface area contributed by atoms with Crippen molar-refractivity contribution in [3.05, 3.63) is 52.5 Å². The van der Waals surface area contributed by atoms with Gasteiger partial charge in [-0.15, -0.1) is 11.3 Å². The number of rotatable bonds is 6. The third kappa shape index (κ3) is 4.26. The van der Waals surface area contributed by atoms with Gasteiger partial charge in [0.1, 0.15) is 17.2 Å². The lowest BCUT2D eigenvalue weighted by molar-refractivity contribution is 0.102. The molecule has 4 aromatic rings. The molecule has 0 unspecified atom stereocenters. The number of aromatic nitrogens is 2. The maximum absolute atomic E-state index is 12.5. The molecular weight excluding hydrogens is 432 g/mol. The Bertz CT molecular complexity index is 1190. The molecule has 0 saturated carbocycles. The van der Waals surface area contributed by atoms with E-state index in [1.165, 1.54) is 22.7 Å². The molecule has 2 heterocycles. The number of amides is 1. The normalized spacial score (nSPS) is 10.7. The van der Waals surface area contributed by atoms with Crippen molar-refractivity contribution in [1.29, 1.82) is 0 Å². The van der Waals surface area contributed by atoms with Crippen molar-refractivity contribution in [2.24, 2.45) is 0 Å². The zero-order chi connectivity index (χ0) is 20.4. The largest absolute Gasteiger partial charge is 0.497 e. The third-order valence-electron chi connectivity index (χ3n) is 3.96. The maximum Gasteiger partial charge on any atom is 0.276 e. The molecule has 1 amide bonds. The van der Waals surface area contributed by atoms with E-state index in [0.717, 1.165) is 15.9 Å². The summed E-state index contributed by atoms with van der Waals surface area (Å²) < 4.78 is 11.5. The molecule has 2 N–H and O–H groups in total. The van der Waals surface area contributed by atoms with E-state index in [1.807, 2.05) is 24.3 Å². The van der Waals surface area contributed by atoms with Gasteiger partial charge in [-0.1, -0.05) is 22.9 Å². The molecule has 29 heavy (non-hydrogen) atoms. The summed E-state index contributed by atoms with van der Waals surface area (Å²) in [6.07, 6.45) is 0. The number of nitrogens with one attached hydrogen (secondary N) is 2. The highest BCUT2D eigenvalue weighted by molar-refractivity contribution is 7.22. The lowest BCUT2D eigenvalue weighted by atomic mass is 10.3. The Morgan fingerprint density at radius 2 is 1.93 bits per heavy atom. The van der Waals surface area contributed by atoms with Gasteiger partial charge < -0.3 is 14.8 Å². The van der Waals surface area contributed by atoms with Gasteiger partial charge in [0, 0.05) is 16.5 Å². The van der Waals surface area contributed by atoms with Crippen LogP contribution in [-0.2, 0) is 0 Å². The molecule has 0 bridgehead atoms. The SMILES string of the molecule is COc1ccc(Nc2nc(C(=O)Nc3nc4ccc(Cl)cc4s3)cs2)c(OC)c1. The highest BCUT2D eigenvalue weighted by Crippen LogP contribution is 2.33. The number of hydrogen-bond acceptors (Lipinski definition) is 8. The molecule has 0 aliphatic carbocycles. The summed E-state index contributed by atoms with van der Waals surface area (Å²) in [5, 5.41) is 9.31. The molecule has 4 rings (SSSR count). The zero-order valence-electron chi connectivity index (χ0n) is 15.4. The van der Waals surface area contributed by atoms with Gasteiger partial charge in [0.15, 0.2) is 10.3 Å². The van der Waals surface area contributed by atoms with Crippen LogP contribution in [0.15, 0.2) is 41.8 Å². The fourth-order valence-corrected chi connectivity index (χ4v) is 4.41. The summed E-state index contributed by atoms with van der Waals surface area (Å²) >= 11 is 8.67. The quantitative estimate of drug-likeness (QED) is 0.411. The van der Waals surface area contributed by atoms with Crippen molar-refractivity contribution in [1.82, 2.24) is 9.97 Å². The van der Waals surface area contributed by atoms with Gasteiger partial charge in [0.25, 0.3) is 5.91 Å². The minimum absolute atomic E-state index is 0.294. The van der Waals surface area contributed by atoms with Crippen molar-refractivity contribution >= 4 is 66.3 Å². The van der Waals surface area contributed by atoms with Gasteiger partial charge in [-0.2, -0.15) is 0 Å². The number of hydrogen-bond donors (Lipinski definition) is 2. The average Bonchev–Trinajstić information content (AvgIpc) is 3.34. The number of anilines is 3. The number of halogens is 1. The molecule has 0 saturated heterocycles. The van der Waals surface area contributed by atoms with Crippen molar-refractivity contribution in [3.63, 3.8) is 0 Å². The van der Waals surface area contributed by atoms with Crippen molar-refractivity contribution < 1.29 is 14.3 Å². The predicted octanol–water partition coefficient (Wildman–Crippen LogP) is 5.42. The van der Waals surface area contributed by atoms with E-state index in [4.69, 9.17) is 21.1 Å². The van der Waals surface area contributed by atoms with Crippen LogP contribution in [0, 0.1) is 0 Å². The van der Waals surface area contributed by atoms with Crippen molar-refractivity contribution in [2.45, 2.75) is 0 Å². The van der Waals surface area contributed by atoms with Crippen LogP contribution in [0.2, 0.25) is 5.02 Å². The number of fused-ring (bicyclic) bond motifs is 1. The average molecular weight is 447 g/mol. The monoisotopic (exact) mass is 446 g/mol. The highest BCUT2D eigenvalue weighted by atomic mass is 35.5. The second-order valence-electron chi connectivity index (χ2n) is 5.81. The molecule has 148 valence electrons. The summed E-state index contributed by atoms with van der Waals surface area (Å²) in [7, 11) is 3.17. The van der Waals surface area contributed by atoms with E-state index in [-0.39, 0.29) is 5.91 Å². The number of thiazole rings is 2. The van der Waals surface area contributed by atoms with E-state index in [9.17, 15) is 4.79 Å². The minimum Gasteiger partial charge on any atom is -0.497 e. The Morgan fingerprint density at radius 1 is 1.07 bits per heavy atom. The molecule has 0 aliphatic heterocycles. The van der Waals surface area contributed by atoms with Crippen LogP contribution in [0.4, 0.5) is 16.0 Å². The van der Waals surface area contributed by atoms with Crippen LogP contribution in [0.3, 0.4) is 0 Å². The maximum atomic E-state index is 12.5. The molecule has 0 fully saturated rings. The molecular formula is C19H15ClN4O3S2. The fraction of sp³-hybridized carbons (Fsp3) is 0.105. The van der Waals surface area contributed by atoms with E-state index >= 15 is 0 Å². The second-order valence-corrected chi connectivity index (χ2v) is 8.14. The molecule has 0 radical (unpaired) electrons. The number of carbonyl (C=O) groups is 1. The number of methoxy groups -OCH3 is 2. The summed E-state index contributed by atoms with van der Waals surface area (Å²) in [6, 6.07) is 10.8. The molecule has 0 aliphatic rings. The van der Waals surface area contributed by atoms with Crippen LogP contribution in [0.1, 0.15) is 10.5 Å². The standard InChI is InChI=1S/C19H15ClN4O3S2/c1-26-11-4-6-12(15(8-11)27-2)21-18-23-14(9-28-18)17(25)24-19-22-13-5-3-10(20)7-16(13)29-19/h3-9H,1-2H3,(H,21,23)(H,22,24,25). The van der Waals surface area contributed by atoms with E-state index < -0.39 is 0 Å². The predicted molar refractivity (Wildman–Crippen MR) is 118 cm³/mol. The molecule has 10 heteroatoms. The summed E-state index contributed by atoms with van der Waals surface area (Å²) in [4.78, 5) is 21.3. The Labute approximate surface area is 179 Å². The molecule has 0 spiro atoms. The number of nitrogens with zero attached hydrogens (tertiary/aromatic N) is 2. The van der Waals surface area contributed by atoms with Gasteiger partial charge >= 0.3 is 0 Å². The van der Waals surface area contributed by atoms with Crippen LogP contribution < -0.4 is 20.1 Å². The summed E-state index contributed by atoms with van der Waals surface area (Å²) in [6.45, 7) is 0. The van der Waals surface area contributed by atoms with E-state index in [2.05, 4.69) is 20.6 Å². The second kappa shape index (κ2) is 8.24.